The van der Waals surface area contributed by atoms with Crippen LogP contribution >= 0.6 is 29.9 Å². The van der Waals surface area contributed by atoms with Crippen molar-refractivity contribution in [1.29, 1.82) is 0 Å². The van der Waals surface area contributed by atoms with E-state index in [4.69, 9.17) is 34.9 Å². The minimum atomic E-state index is -3.42. The summed E-state index contributed by atoms with van der Waals surface area (Å²) in [6, 6.07) is 0. The van der Waals surface area contributed by atoms with E-state index in [1.807, 2.05) is 13.8 Å². The molecule has 17 heteroatoms. The van der Waals surface area contributed by atoms with E-state index in [0.717, 1.165) is 20.0 Å². The summed E-state index contributed by atoms with van der Waals surface area (Å²) in [4.78, 5) is 32.6. The number of hydrogen-bond donors (Lipinski definition) is 7. The standard InChI is InChI=1S/C2H7O4P.2C2H7O3P.C2H7O2P.C2H6O.C2H6/c1-7(4,5)6-2-3;1-5-6(2,3)4;1-6(4,5)2-3;1-5(2,3)4;1-2-3;1-2/h3H,2H2,1H3,(H,4,5);1-2H3,(H,3,4);3H,2H2,1H3,(H,4,5);1-2H3,(H,3,4);3H,2H2,1H3;1-2H3. The molecule has 0 saturated carbocycles. The first-order chi connectivity index (χ1) is 12.6. The number of aliphatic hydroxyl groups is 3. The highest BCUT2D eigenvalue weighted by Crippen LogP contribution is 2.35. The first kappa shape index (κ1) is 43.4. The molecule has 0 aromatic carbocycles. The van der Waals surface area contributed by atoms with Gasteiger partial charge in [-0.15, -0.1) is 0 Å². The maximum absolute atomic E-state index is 9.99. The first-order valence-electron chi connectivity index (χ1n) is 7.80. The van der Waals surface area contributed by atoms with Crippen molar-refractivity contribution in [2.24, 2.45) is 0 Å². The van der Waals surface area contributed by atoms with Crippen molar-refractivity contribution in [1.82, 2.24) is 0 Å². The van der Waals surface area contributed by atoms with Crippen LogP contribution in [0.25, 0.3) is 0 Å². The van der Waals surface area contributed by atoms with Crippen LogP contribution in [0.1, 0.15) is 20.8 Å². The van der Waals surface area contributed by atoms with Gasteiger partial charge in [0.2, 0.25) is 7.37 Å². The van der Waals surface area contributed by atoms with Crippen molar-refractivity contribution in [3.05, 3.63) is 0 Å². The maximum Gasteiger partial charge on any atom is 0.327 e. The highest BCUT2D eigenvalue weighted by molar-refractivity contribution is 7.57. The molecule has 0 radical (unpaired) electrons. The summed E-state index contributed by atoms with van der Waals surface area (Å²) in [5.41, 5.74) is 0. The number of rotatable bonds is 4. The molecule has 13 nitrogen and oxygen atoms in total. The molecular weight excluding hydrogens is 476 g/mol. The maximum atomic E-state index is 9.99. The fraction of sp³-hybridized carbons (Fsp3) is 1.00. The third kappa shape index (κ3) is 181. The molecular formula is C12H40O13P4. The molecule has 7 N–H and O–H groups in total. The van der Waals surface area contributed by atoms with Gasteiger partial charge in [0, 0.05) is 47.0 Å². The van der Waals surface area contributed by atoms with Crippen LogP contribution < -0.4 is 0 Å². The quantitative estimate of drug-likeness (QED) is 0.208. The predicted molar refractivity (Wildman–Crippen MR) is 115 cm³/mol. The third-order valence-corrected chi connectivity index (χ3v) is 2.70. The number of aliphatic hydroxyl groups excluding tert-OH is 3. The van der Waals surface area contributed by atoms with Crippen molar-refractivity contribution in [2.45, 2.75) is 20.8 Å². The molecule has 0 amide bonds. The van der Waals surface area contributed by atoms with Crippen LogP contribution in [0.5, 0.6) is 0 Å². The molecule has 0 fully saturated rings. The summed E-state index contributed by atoms with van der Waals surface area (Å²) in [7, 11) is -11.1. The van der Waals surface area contributed by atoms with Crippen LogP contribution in [0, 0.1) is 0 Å². The Bertz CT molecular complexity index is 458. The van der Waals surface area contributed by atoms with Gasteiger partial charge in [0.25, 0.3) is 0 Å². The van der Waals surface area contributed by atoms with E-state index in [1.54, 1.807) is 6.92 Å². The van der Waals surface area contributed by atoms with Gasteiger partial charge in [-0.25, -0.2) is 0 Å². The van der Waals surface area contributed by atoms with Gasteiger partial charge in [-0.3, -0.25) is 22.8 Å². The van der Waals surface area contributed by atoms with Crippen molar-refractivity contribution >= 4 is 29.9 Å². The molecule has 0 aliphatic rings. The van der Waals surface area contributed by atoms with Gasteiger partial charge in [-0.2, -0.15) is 0 Å². The first-order valence-corrected chi connectivity index (χ1v) is 16.7. The van der Waals surface area contributed by atoms with Gasteiger partial charge in [0.05, 0.1) is 0 Å². The smallest absolute Gasteiger partial charge is 0.327 e. The molecule has 0 aliphatic carbocycles. The molecule has 3 atom stereocenters. The Morgan fingerprint density at radius 1 is 0.724 bits per heavy atom. The lowest BCUT2D eigenvalue weighted by molar-refractivity contribution is 0.0882. The summed E-state index contributed by atoms with van der Waals surface area (Å²) in [5, 5.41) is 23.3. The van der Waals surface area contributed by atoms with Crippen LogP contribution in [-0.4, -0.2) is 95.1 Å². The lowest BCUT2D eigenvalue weighted by atomic mass is 10.9. The Labute approximate surface area is 173 Å². The lowest BCUT2D eigenvalue weighted by Crippen LogP contribution is -1.87. The van der Waals surface area contributed by atoms with Crippen LogP contribution in [0.4, 0.5) is 0 Å². The Hall–Kier alpha value is 0.560. The fourth-order valence-electron chi connectivity index (χ4n) is 0.107. The van der Waals surface area contributed by atoms with Gasteiger partial charge in [0.15, 0.2) is 14.2 Å². The van der Waals surface area contributed by atoms with Crippen molar-refractivity contribution < 1.29 is 62.2 Å². The van der Waals surface area contributed by atoms with Crippen LogP contribution in [-0.2, 0) is 27.3 Å². The molecule has 0 saturated heterocycles. The Morgan fingerprint density at radius 3 is 0.897 bits per heavy atom. The monoisotopic (exact) mass is 516 g/mol. The summed E-state index contributed by atoms with van der Waals surface area (Å²) in [6.07, 6.45) is -0.618. The average Bonchev–Trinajstić information content (AvgIpc) is 2.47. The van der Waals surface area contributed by atoms with E-state index < -0.39 is 43.1 Å². The van der Waals surface area contributed by atoms with E-state index in [1.165, 1.54) is 20.4 Å². The molecule has 0 bridgehead atoms. The van der Waals surface area contributed by atoms with E-state index in [0.29, 0.717) is 0 Å². The minimum Gasteiger partial charge on any atom is -0.397 e. The zero-order valence-corrected chi connectivity index (χ0v) is 22.1. The SMILES string of the molecule is CC.CCO.COP(C)(=O)O.CP(=O)(O)CO.CP(=O)(O)OCO.CP(C)(=O)O. The van der Waals surface area contributed by atoms with Gasteiger partial charge < -0.3 is 39.4 Å². The van der Waals surface area contributed by atoms with Crippen LogP contribution in [0.2, 0.25) is 0 Å². The molecule has 29 heavy (non-hydrogen) atoms. The number of hydrogen-bond acceptors (Lipinski definition) is 9. The van der Waals surface area contributed by atoms with Gasteiger partial charge in [0.1, 0.15) is 6.35 Å². The molecule has 0 aromatic heterocycles. The van der Waals surface area contributed by atoms with E-state index in [9.17, 15) is 18.3 Å². The topological polar surface area (TPSA) is 228 Å². The molecule has 0 aromatic rings. The second-order valence-electron chi connectivity index (χ2n) is 4.85. The van der Waals surface area contributed by atoms with Crippen molar-refractivity contribution in [3.8, 4) is 0 Å². The van der Waals surface area contributed by atoms with Gasteiger partial charge >= 0.3 is 15.2 Å². The van der Waals surface area contributed by atoms with Gasteiger partial charge in [-0.05, 0) is 6.92 Å². The minimum absolute atomic E-state index is 0.250. The summed E-state index contributed by atoms with van der Waals surface area (Å²) >= 11 is 0. The summed E-state index contributed by atoms with van der Waals surface area (Å²) in [5.74, 6) is 0. The molecule has 0 aliphatic heterocycles. The van der Waals surface area contributed by atoms with E-state index >= 15 is 0 Å². The third-order valence-electron chi connectivity index (χ3n) is 0.898. The molecule has 0 heterocycles. The predicted octanol–water partition coefficient (Wildman–Crippen LogP) is 1.59. The van der Waals surface area contributed by atoms with E-state index in [-0.39, 0.29) is 6.61 Å². The Morgan fingerprint density at radius 2 is 0.897 bits per heavy atom. The summed E-state index contributed by atoms with van der Waals surface area (Å²) < 4.78 is 47.5. The zero-order valence-electron chi connectivity index (χ0n) is 18.5. The molecule has 3 unspecified atom stereocenters. The largest absolute Gasteiger partial charge is 0.397 e. The fourth-order valence-corrected chi connectivity index (χ4v) is 0.321. The molecule has 186 valence electrons. The second kappa shape index (κ2) is 24.8. The Kier molecular flexibility index (Phi) is 37.2. The van der Waals surface area contributed by atoms with Crippen LogP contribution in [0.15, 0.2) is 0 Å². The molecule has 0 spiro atoms. The highest BCUT2D eigenvalue weighted by Gasteiger charge is 2.06. The van der Waals surface area contributed by atoms with Gasteiger partial charge in [-0.1, -0.05) is 13.8 Å². The normalized spacial score (nSPS) is 15.6. The van der Waals surface area contributed by atoms with E-state index in [2.05, 4.69) is 9.05 Å². The molecule has 0 rings (SSSR count). The second-order valence-corrected chi connectivity index (χ2v) is 13.7. The summed E-state index contributed by atoms with van der Waals surface area (Å²) in [6.45, 7) is 11.1. The Balaban J connectivity index is -0.0000000568. The van der Waals surface area contributed by atoms with Crippen molar-refractivity contribution in [3.63, 3.8) is 0 Å². The average molecular weight is 516 g/mol. The lowest BCUT2D eigenvalue weighted by Gasteiger charge is -1.99. The van der Waals surface area contributed by atoms with Crippen LogP contribution in [0.3, 0.4) is 0 Å². The van der Waals surface area contributed by atoms with Crippen molar-refractivity contribution in [2.75, 3.05) is 60.2 Å². The zero-order chi connectivity index (χ0) is 25.5. The highest BCUT2D eigenvalue weighted by atomic mass is 31.2.